The Hall–Kier alpha value is -0.830. The molecule has 0 aromatic heterocycles. The van der Waals surface area contributed by atoms with Gasteiger partial charge in [0, 0.05) is 12.1 Å². The van der Waals surface area contributed by atoms with Crippen molar-refractivity contribution in [3.63, 3.8) is 0 Å². The third-order valence-electron chi connectivity index (χ3n) is 1.49. The van der Waals surface area contributed by atoms with Gasteiger partial charge in [-0.05, 0) is 18.8 Å². The van der Waals surface area contributed by atoms with Crippen molar-refractivity contribution in [2.45, 2.75) is 34.1 Å². The van der Waals surface area contributed by atoms with Gasteiger partial charge in [0.05, 0.1) is 0 Å². The van der Waals surface area contributed by atoms with Crippen LogP contribution in [-0.4, -0.2) is 12.5 Å². The lowest BCUT2D eigenvalue weighted by molar-refractivity contribution is -0.146. The van der Waals surface area contributed by atoms with Crippen LogP contribution in [0.3, 0.4) is 0 Å². The molecule has 13 heavy (non-hydrogen) atoms. The molecular weight excluding hydrogens is 166 g/mol. The second kappa shape index (κ2) is 5.02. The Labute approximate surface area is 80.1 Å². The third kappa shape index (κ3) is 7.53. The highest BCUT2D eigenvalue weighted by atomic mass is 16.7. The van der Waals surface area contributed by atoms with Crippen LogP contribution in [0.4, 0.5) is 0 Å². The molecule has 0 heterocycles. The highest BCUT2D eigenvalue weighted by molar-refractivity contribution is 5.86. The fourth-order valence-corrected chi connectivity index (χ4v) is 0.630. The molecule has 0 unspecified atom stereocenters. The van der Waals surface area contributed by atoms with Crippen LogP contribution in [-0.2, 0) is 9.63 Å². The van der Waals surface area contributed by atoms with Crippen LogP contribution in [0, 0.1) is 5.41 Å². The van der Waals surface area contributed by atoms with Gasteiger partial charge >= 0.3 is 5.97 Å². The van der Waals surface area contributed by atoms with Crippen molar-refractivity contribution in [2.75, 3.05) is 6.54 Å². The number of hydrogen-bond acceptors (Lipinski definition) is 3. The van der Waals surface area contributed by atoms with Gasteiger partial charge < -0.3 is 4.84 Å². The standard InChI is InChI=1S/C10H19NO2/c1-8(2)9(12)13-11-7-6-10(3,4)5/h11H,1,6-7H2,2-5H3. The number of rotatable bonds is 4. The van der Waals surface area contributed by atoms with Gasteiger partial charge in [0.2, 0.25) is 0 Å². The maximum Gasteiger partial charge on any atom is 0.351 e. The van der Waals surface area contributed by atoms with Crippen molar-refractivity contribution in [3.8, 4) is 0 Å². The maximum atomic E-state index is 10.9. The summed E-state index contributed by atoms with van der Waals surface area (Å²) >= 11 is 0. The van der Waals surface area contributed by atoms with Gasteiger partial charge in [0.1, 0.15) is 0 Å². The first-order chi connectivity index (χ1) is 5.83. The molecular formula is C10H19NO2. The molecule has 3 nitrogen and oxygen atoms in total. The van der Waals surface area contributed by atoms with E-state index in [0.29, 0.717) is 12.1 Å². The topological polar surface area (TPSA) is 38.3 Å². The van der Waals surface area contributed by atoms with E-state index in [1.165, 1.54) is 0 Å². The number of carbonyl (C=O) groups excluding carboxylic acids is 1. The molecule has 0 aliphatic carbocycles. The van der Waals surface area contributed by atoms with Crippen LogP contribution in [0.15, 0.2) is 12.2 Å². The van der Waals surface area contributed by atoms with Crippen molar-refractivity contribution in [1.29, 1.82) is 0 Å². The van der Waals surface area contributed by atoms with Crippen LogP contribution >= 0.6 is 0 Å². The Morgan fingerprint density at radius 2 is 2.00 bits per heavy atom. The molecule has 0 rings (SSSR count). The van der Waals surface area contributed by atoms with E-state index in [1.807, 2.05) is 0 Å². The van der Waals surface area contributed by atoms with Crippen LogP contribution < -0.4 is 5.48 Å². The number of carbonyl (C=O) groups is 1. The highest BCUT2D eigenvalue weighted by Gasteiger charge is 2.09. The zero-order valence-electron chi connectivity index (χ0n) is 8.94. The molecule has 3 heteroatoms. The summed E-state index contributed by atoms with van der Waals surface area (Å²) in [6, 6.07) is 0. The zero-order chi connectivity index (χ0) is 10.5. The van der Waals surface area contributed by atoms with Gasteiger partial charge in [0.25, 0.3) is 0 Å². The quantitative estimate of drug-likeness (QED) is 0.414. The SMILES string of the molecule is C=C(C)C(=O)ONCCC(C)(C)C. The molecule has 0 aliphatic heterocycles. The van der Waals surface area contributed by atoms with Crippen LogP contribution in [0.1, 0.15) is 34.1 Å². The zero-order valence-corrected chi connectivity index (χ0v) is 8.94. The second-order valence-electron chi connectivity index (χ2n) is 4.37. The Bertz CT molecular complexity index is 192. The van der Waals surface area contributed by atoms with Crippen molar-refractivity contribution in [3.05, 3.63) is 12.2 Å². The molecule has 0 amide bonds. The predicted octanol–water partition coefficient (Wildman–Crippen LogP) is 2.05. The van der Waals surface area contributed by atoms with Crippen LogP contribution in [0.25, 0.3) is 0 Å². The number of hydrogen-bond donors (Lipinski definition) is 1. The van der Waals surface area contributed by atoms with E-state index in [4.69, 9.17) is 4.84 Å². The molecule has 0 fully saturated rings. The number of nitrogens with one attached hydrogen (secondary N) is 1. The normalized spacial score (nSPS) is 11.1. The van der Waals surface area contributed by atoms with Crippen molar-refractivity contribution in [1.82, 2.24) is 5.48 Å². The lowest BCUT2D eigenvalue weighted by Gasteiger charge is -2.17. The minimum absolute atomic E-state index is 0.253. The Balaban J connectivity index is 3.47. The fraction of sp³-hybridized carbons (Fsp3) is 0.700. The van der Waals surface area contributed by atoms with E-state index < -0.39 is 5.97 Å². The average Bonchev–Trinajstić information content (AvgIpc) is 1.95. The summed E-state index contributed by atoms with van der Waals surface area (Å²) in [5.74, 6) is -0.395. The average molecular weight is 185 g/mol. The number of hydroxylamine groups is 1. The van der Waals surface area contributed by atoms with E-state index in [2.05, 4.69) is 32.8 Å². The van der Waals surface area contributed by atoms with E-state index in [-0.39, 0.29) is 5.41 Å². The van der Waals surface area contributed by atoms with Gasteiger partial charge in [-0.25, -0.2) is 4.79 Å². The Kier molecular flexibility index (Phi) is 4.70. The first-order valence-electron chi connectivity index (χ1n) is 4.42. The first kappa shape index (κ1) is 12.2. The van der Waals surface area contributed by atoms with Crippen LogP contribution in [0.2, 0.25) is 0 Å². The summed E-state index contributed by atoms with van der Waals surface area (Å²) in [5, 5.41) is 0. The lowest BCUT2D eigenvalue weighted by Crippen LogP contribution is -2.24. The van der Waals surface area contributed by atoms with E-state index >= 15 is 0 Å². The molecule has 0 bridgehead atoms. The summed E-state index contributed by atoms with van der Waals surface area (Å²) in [4.78, 5) is 15.6. The molecule has 0 aliphatic rings. The second-order valence-corrected chi connectivity index (χ2v) is 4.37. The summed E-state index contributed by atoms with van der Waals surface area (Å²) in [6.45, 7) is 12.2. The van der Waals surface area contributed by atoms with Crippen molar-refractivity contribution < 1.29 is 9.63 Å². The summed E-state index contributed by atoms with van der Waals surface area (Å²) in [5.41, 5.74) is 3.27. The molecule has 0 saturated heterocycles. The van der Waals surface area contributed by atoms with Crippen molar-refractivity contribution in [2.24, 2.45) is 5.41 Å². The van der Waals surface area contributed by atoms with Crippen molar-refractivity contribution >= 4 is 5.97 Å². The molecule has 0 saturated carbocycles. The van der Waals surface area contributed by atoms with E-state index in [9.17, 15) is 4.79 Å². The van der Waals surface area contributed by atoms with E-state index in [0.717, 1.165) is 6.42 Å². The summed E-state index contributed by atoms with van der Waals surface area (Å²) < 4.78 is 0. The summed E-state index contributed by atoms with van der Waals surface area (Å²) in [7, 11) is 0. The smallest absolute Gasteiger partial charge is 0.351 e. The third-order valence-corrected chi connectivity index (χ3v) is 1.49. The molecule has 1 N–H and O–H groups in total. The minimum atomic E-state index is -0.395. The first-order valence-corrected chi connectivity index (χ1v) is 4.42. The molecule has 0 spiro atoms. The molecule has 0 radical (unpaired) electrons. The molecule has 0 aromatic carbocycles. The Morgan fingerprint density at radius 1 is 1.46 bits per heavy atom. The van der Waals surface area contributed by atoms with Gasteiger partial charge in [-0.3, -0.25) is 0 Å². The van der Waals surface area contributed by atoms with E-state index in [1.54, 1.807) is 6.92 Å². The minimum Gasteiger partial charge on any atom is -0.367 e. The predicted molar refractivity (Wildman–Crippen MR) is 53.0 cm³/mol. The fourth-order valence-electron chi connectivity index (χ4n) is 0.630. The lowest BCUT2D eigenvalue weighted by atomic mass is 9.93. The molecule has 0 atom stereocenters. The Morgan fingerprint density at radius 3 is 2.38 bits per heavy atom. The van der Waals surface area contributed by atoms with Gasteiger partial charge in [0.15, 0.2) is 0 Å². The van der Waals surface area contributed by atoms with Gasteiger partial charge in [-0.1, -0.05) is 27.4 Å². The summed E-state index contributed by atoms with van der Waals surface area (Å²) in [6.07, 6.45) is 0.955. The molecule has 76 valence electrons. The molecule has 0 aromatic rings. The monoisotopic (exact) mass is 185 g/mol. The highest BCUT2D eigenvalue weighted by Crippen LogP contribution is 2.16. The van der Waals surface area contributed by atoms with Gasteiger partial charge in [-0.2, -0.15) is 5.48 Å². The van der Waals surface area contributed by atoms with Crippen LogP contribution in [0.5, 0.6) is 0 Å². The maximum absolute atomic E-state index is 10.9. The van der Waals surface area contributed by atoms with Gasteiger partial charge in [-0.15, -0.1) is 0 Å². The largest absolute Gasteiger partial charge is 0.367 e.